The average Bonchev–Trinajstić information content (AvgIpc) is 2.83. The van der Waals surface area contributed by atoms with Crippen molar-refractivity contribution in [3.8, 4) is 0 Å². The fourth-order valence-electron chi connectivity index (χ4n) is 2.29. The molecule has 82 valence electrons. The van der Waals surface area contributed by atoms with Crippen LogP contribution >= 0.6 is 11.3 Å². The summed E-state index contributed by atoms with van der Waals surface area (Å²) in [5, 5.41) is 0. The van der Waals surface area contributed by atoms with E-state index in [0.29, 0.717) is 0 Å². The zero-order chi connectivity index (χ0) is 11.4. The largest absolute Gasteiger partial charge is 0.283 e. The number of hydrogen-bond donors (Lipinski definition) is 0. The van der Waals surface area contributed by atoms with Gasteiger partial charge in [0.2, 0.25) is 0 Å². The van der Waals surface area contributed by atoms with Gasteiger partial charge in [-0.3, -0.25) is 4.40 Å². The summed E-state index contributed by atoms with van der Waals surface area (Å²) in [6, 6.07) is 14.9. The van der Waals surface area contributed by atoms with Gasteiger partial charge in [0.15, 0.2) is 4.96 Å². The molecular weight excluding hydrogens is 228 g/mol. The summed E-state index contributed by atoms with van der Waals surface area (Å²) in [5.41, 5.74) is 4.81. The first kappa shape index (κ1) is 9.19. The van der Waals surface area contributed by atoms with Gasteiger partial charge in [0.05, 0.1) is 21.3 Å². The highest BCUT2D eigenvalue weighted by Gasteiger charge is 2.10. The Balaban J connectivity index is 2.31. The second-order valence-corrected chi connectivity index (χ2v) is 5.30. The lowest BCUT2D eigenvalue weighted by Gasteiger charge is -1.95. The summed E-state index contributed by atoms with van der Waals surface area (Å²) in [7, 11) is 0. The Hall–Kier alpha value is -1.87. The monoisotopic (exact) mass is 238 g/mol. The third-order valence-corrected chi connectivity index (χ3v) is 4.09. The maximum absolute atomic E-state index is 4.66. The van der Waals surface area contributed by atoms with Gasteiger partial charge in [0.25, 0.3) is 0 Å². The molecule has 0 unspecified atom stereocenters. The van der Waals surface area contributed by atoms with E-state index in [0.717, 1.165) is 10.5 Å². The standard InChI is InChI=1S/C14H10N2S/c1-9-6-7-12-13(8-9)17-14-15-10-4-2-3-5-11(10)16(12)14/h2-8H,1H3. The number of hydrogen-bond acceptors (Lipinski definition) is 2. The number of benzene rings is 2. The van der Waals surface area contributed by atoms with Crippen molar-refractivity contribution in [1.82, 2.24) is 9.38 Å². The fraction of sp³-hybridized carbons (Fsp3) is 0.0714. The van der Waals surface area contributed by atoms with Gasteiger partial charge in [-0.15, -0.1) is 0 Å². The molecule has 0 bridgehead atoms. The van der Waals surface area contributed by atoms with Gasteiger partial charge in [-0.2, -0.15) is 0 Å². The number of aromatic nitrogens is 2. The van der Waals surface area contributed by atoms with Gasteiger partial charge in [0.1, 0.15) is 0 Å². The van der Waals surface area contributed by atoms with Crippen LogP contribution in [-0.4, -0.2) is 9.38 Å². The molecule has 0 atom stereocenters. The third-order valence-electron chi connectivity index (χ3n) is 3.09. The Kier molecular flexibility index (Phi) is 1.66. The maximum Gasteiger partial charge on any atom is 0.195 e. The number of aryl methyl sites for hydroxylation is 1. The summed E-state index contributed by atoms with van der Waals surface area (Å²) < 4.78 is 3.55. The van der Waals surface area contributed by atoms with Crippen molar-refractivity contribution in [3.05, 3.63) is 48.0 Å². The van der Waals surface area contributed by atoms with Crippen LogP contribution in [0.3, 0.4) is 0 Å². The lowest BCUT2D eigenvalue weighted by Crippen LogP contribution is -1.80. The van der Waals surface area contributed by atoms with Crippen LogP contribution in [-0.2, 0) is 0 Å². The Morgan fingerprint density at radius 3 is 2.88 bits per heavy atom. The lowest BCUT2D eigenvalue weighted by atomic mass is 10.2. The van der Waals surface area contributed by atoms with E-state index < -0.39 is 0 Å². The van der Waals surface area contributed by atoms with Crippen LogP contribution < -0.4 is 0 Å². The molecule has 0 radical (unpaired) electrons. The van der Waals surface area contributed by atoms with Crippen LogP contribution in [0.1, 0.15) is 5.56 Å². The first-order valence-electron chi connectivity index (χ1n) is 5.59. The second-order valence-electron chi connectivity index (χ2n) is 4.29. The summed E-state index contributed by atoms with van der Waals surface area (Å²) in [5.74, 6) is 0. The molecule has 0 N–H and O–H groups in total. The van der Waals surface area contributed by atoms with E-state index >= 15 is 0 Å². The van der Waals surface area contributed by atoms with Crippen LogP contribution in [0, 0.1) is 6.92 Å². The highest BCUT2D eigenvalue weighted by atomic mass is 32.1. The molecular formula is C14H10N2S. The molecule has 0 saturated carbocycles. The number of rotatable bonds is 0. The quantitative estimate of drug-likeness (QED) is 0.452. The minimum Gasteiger partial charge on any atom is -0.283 e. The molecule has 4 rings (SSSR count). The van der Waals surface area contributed by atoms with Gasteiger partial charge in [-0.1, -0.05) is 29.5 Å². The van der Waals surface area contributed by atoms with Gasteiger partial charge in [0, 0.05) is 0 Å². The fourth-order valence-corrected chi connectivity index (χ4v) is 3.43. The molecule has 0 aliphatic heterocycles. The highest BCUT2D eigenvalue weighted by Crippen LogP contribution is 2.30. The van der Waals surface area contributed by atoms with E-state index in [4.69, 9.17) is 0 Å². The van der Waals surface area contributed by atoms with Crippen molar-refractivity contribution in [2.45, 2.75) is 6.92 Å². The minimum absolute atomic E-state index is 1.07. The van der Waals surface area contributed by atoms with E-state index in [9.17, 15) is 0 Å². The van der Waals surface area contributed by atoms with E-state index in [2.05, 4.69) is 52.7 Å². The molecule has 0 aliphatic carbocycles. The number of nitrogens with zero attached hydrogens (tertiary/aromatic N) is 2. The minimum atomic E-state index is 1.07. The molecule has 0 amide bonds. The van der Waals surface area contributed by atoms with E-state index in [1.54, 1.807) is 11.3 Å². The predicted octanol–water partition coefficient (Wildman–Crippen LogP) is 4.01. The van der Waals surface area contributed by atoms with E-state index in [1.165, 1.54) is 21.3 Å². The van der Waals surface area contributed by atoms with Crippen molar-refractivity contribution in [2.75, 3.05) is 0 Å². The van der Waals surface area contributed by atoms with Gasteiger partial charge in [-0.05, 0) is 36.8 Å². The van der Waals surface area contributed by atoms with Crippen LogP contribution in [0.2, 0.25) is 0 Å². The number of para-hydroxylation sites is 2. The highest BCUT2D eigenvalue weighted by molar-refractivity contribution is 7.23. The first-order valence-corrected chi connectivity index (χ1v) is 6.41. The number of fused-ring (bicyclic) bond motifs is 5. The van der Waals surface area contributed by atoms with Crippen LogP contribution in [0.5, 0.6) is 0 Å². The first-order chi connectivity index (χ1) is 8.33. The molecule has 4 aromatic rings. The van der Waals surface area contributed by atoms with Gasteiger partial charge in [-0.25, -0.2) is 4.98 Å². The second kappa shape index (κ2) is 3.08. The predicted molar refractivity (Wildman–Crippen MR) is 72.8 cm³/mol. The SMILES string of the molecule is Cc1ccc2c(c1)sc1nc3ccccc3n12. The Morgan fingerprint density at radius 1 is 1.06 bits per heavy atom. The number of imidazole rings is 1. The van der Waals surface area contributed by atoms with Crippen molar-refractivity contribution < 1.29 is 0 Å². The molecule has 2 aromatic carbocycles. The zero-order valence-corrected chi connectivity index (χ0v) is 10.2. The van der Waals surface area contributed by atoms with Crippen molar-refractivity contribution in [1.29, 1.82) is 0 Å². The number of thiazole rings is 1. The van der Waals surface area contributed by atoms with Crippen LogP contribution in [0.25, 0.3) is 26.2 Å². The maximum atomic E-state index is 4.66. The summed E-state index contributed by atoms with van der Waals surface area (Å²) in [6.45, 7) is 2.13. The Morgan fingerprint density at radius 2 is 1.94 bits per heavy atom. The molecule has 0 spiro atoms. The van der Waals surface area contributed by atoms with E-state index in [1.807, 2.05) is 6.07 Å². The third kappa shape index (κ3) is 1.17. The van der Waals surface area contributed by atoms with E-state index in [-0.39, 0.29) is 0 Å². The molecule has 2 heterocycles. The van der Waals surface area contributed by atoms with Crippen molar-refractivity contribution >= 4 is 37.5 Å². The Labute approximate surface area is 102 Å². The molecule has 3 heteroatoms. The molecule has 0 saturated heterocycles. The molecule has 0 aliphatic rings. The topological polar surface area (TPSA) is 17.3 Å². The molecule has 17 heavy (non-hydrogen) atoms. The molecule has 0 fully saturated rings. The molecule has 2 aromatic heterocycles. The summed E-state index contributed by atoms with van der Waals surface area (Å²) in [6.07, 6.45) is 0. The van der Waals surface area contributed by atoms with Crippen LogP contribution in [0.15, 0.2) is 42.5 Å². The zero-order valence-electron chi connectivity index (χ0n) is 9.34. The van der Waals surface area contributed by atoms with Crippen molar-refractivity contribution in [2.24, 2.45) is 0 Å². The Bertz CT molecular complexity index is 854. The van der Waals surface area contributed by atoms with Gasteiger partial charge < -0.3 is 0 Å². The normalized spacial score (nSPS) is 11.8. The lowest BCUT2D eigenvalue weighted by molar-refractivity contribution is 1.34. The molecule has 2 nitrogen and oxygen atoms in total. The summed E-state index contributed by atoms with van der Waals surface area (Å²) >= 11 is 1.75. The van der Waals surface area contributed by atoms with Crippen LogP contribution in [0.4, 0.5) is 0 Å². The van der Waals surface area contributed by atoms with Gasteiger partial charge >= 0.3 is 0 Å². The smallest absolute Gasteiger partial charge is 0.195 e. The van der Waals surface area contributed by atoms with Crippen molar-refractivity contribution in [3.63, 3.8) is 0 Å². The average molecular weight is 238 g/mol. The summed E-state index contributed by atoms with van der Waals surface area (Å²) in [4.78, 5) is 5.74.